The zero-order valence-electron chi connectivity index (χ0n) is 10.3. The van der Waals surface area contributed by atoms with Gasteiger partial charge in [-0.15, -0.1) is 10.2 Å². The zero-order valence-corrected chi connectivity index (χ0v) is 10.3. The van der Waals surface area contributed by atoms with Gasteiger partial charge in [0.05, 0.1) is 6.54 Å². The van der Waals surface area contributed by atoms with Gasteiger partial charge < -0.3 is 15.0 Å². The van der Waals surface area contributed by atoms with Gasteiger partial charge in [0.2, 0.25) is 0 Å². The molecular formula is C13H16N4O. The minimum atomic E-state index is 0.276. The van der Waals surface area contributed by atoms with Crippen molar-refractivity contribution in [1.82, 2.24) is 14.8 Å². The molecule has 5 nitrogen and oxygen atoms in total. The summed E-state index contributed by atoms with van der Waals surface area (Å²) in [5, 5.41) is 20.9. The summed E-state index contributed by atoms with van der Waals surface area (Å²) in [4.78, 5) is 0. The number of aryl methyl sites for hydroxylation is 1. The Hall–Kier alpha value is -2.04. The van der Waals surface area contributed by atoms with E-state index in [2.05, 4.69) is 20.1 Å². The molecule has 3 rings (SSSR count). The highest BCUT2D eigenvalue weighted by molar-refractivity contribution is 5.45. The molecular weight excluding hydrogens is 228 g/mol. The summed E-state index contributed by atoms with van der Waals surface area (Å²) < 4.78 is 2.22. The molecule has 0 aliphatic heterocycles. The maximum Gasteiger partial charge on any atom is 0.152 e. The van der Waals surface area contributed by atoms with Crippen LogP contribution in [-0.2, 0) is 6.54 Å². The molecule has 18 heavy (non-hydrogen) atoms. The molecule has 1 aromatic heterocycles. The topological polar surface area (TPSA) is 63.0 Å². The Morgan fingerprint density at radius 1 is 1.28 bits per heavy atom. The summed E-state index contributed by atoms with van der Waals surface area (Å²) >= 11 is 0. The fourth-order valence-corrected chi connectivity index (χ4v) is 2.10. The van der Waals surface area contributed by atoms with Crippen LogP contribution in [0, 0.1) is 6.92 Å². The molecule has 1 aliphatic rings. The van der Waals surface area contributed by atoms with E-state index in [1.165, 1.54) is 12.8 Å². The predicted molar refractivity (Wildman–Crippen MR) is 68.5 cm³/mol. The van der Waals surface area contributed by atoms with Crippen molar-refractivity contribution < 1.29 is 5.11 Å². The van der Waals surface area contributed by atoms with Gasteiger partial charge in [0.1, 0.15) is 11.6 Å². The van der Waals surface area contributed by atoms with Gasteiger partial charge in [0.15, 0.2) is 5.82 Å². The van der Waals surface area contributed by atoms with Gasteiger partial charge >= 0.3 is 0 Å². The Labute approximate surface area is 105 Å². The van der Waals surface area contributed by atoms with Crippen LogP contribution < -0.4 is 5.32 Å². The maximum atomic E-state index is 9.22. The van der Waals surface area contributed by atoms with Gasteiger partial charge in [-0.2, -0.15) is 0 Å². The Morgan fingerprint density at radius 2 is 2.00 bits per heavy atom. The first-order valence-electron chi connectivity index (χ1n) is 6.17. The third-order valence-electron chi connectivity index (χ3n) is 3.17. The molecule has 0 spiro atoms. The van der Waals surface area contributed by atoms with Crippen LogP contribution in [0.15, 0.2) is 24.3 Å². The fraction of sp³-hybridized carbons (Fsp3) is 0.385. The van der Waals surface area contributed by atoms with Crippen molar-refractivity contribution >= 4 is 5.69 Å². The van der Waals surface area contributed by atoms with E-state index in [4.69, 9.17) is 0 Å². The number of aromatic hydroxyl groups is 1. The average Bonchev–Trinajstić information content (AvgIpc) is 3.13. The number of benzene rings is 1. The standard InChI is InChI=1S/C13H16N4O/c1-9-15-16-13(17(9)11-4-5-11)8-14-10-2-6-12(18)7-3-10/h2-3,6-7,11,14,18H,4-5,8H2,1H3. The van der Waals surface area contributed by atoms with Gasteiger partial charge in [-0.05, 0) is 44.0 Å². The van der Waals surface area contributed by atoms with Crippen LogP contribution in [0.4, 0.5) is 5.69 Å². The molecule has 1 fully saturated rings. The van der Waals surface area contributed by atoms with Gasteiger partial charge in [-0.3, -0.25) is 0 Å². The van der Waals surface area contributed by atoms with E-state index in [0.29, 0.717) is 12.6 Å². The summed E-state index contributed by atoms with van der Waals surface area (Å²) in [7, 11) is 0. The lowest BCUT2D eigenvalue weighted by atomic mass is 10.3. The van der Waals surface area contributed by atoms with E-state index in [9.17, 15) is 5.11 Å². The van der Waals surface area contributed by atoms with E-state index in [1.54, 1.807) is 12.1 Å². The van der Waals surface area contributed by atoms with Crippen molar-refractivity contribution in [2.24, 2.45) is 0 Å². The molecule has 0 amide bonds. The van der Waals surface area contributed by atoms with Crippen molar-refractivity contribution in [2.45, 2.75) is 32.4 Å². The first kappa shape index (κ1) is 11.1. The number of phenols is 1. The molecule has 1 aromatic carbocycles. The van der Waals surface area contributed by atoms with Gasteiger partial charge in [-0.1, -0.05) is 0 Å². The number of nitrogens with one attached hydrogen (secondary N) is 1. The molecule has 94 valence electrons. The quantitative estimate of drug-likeness (QED) is 0.810. The summed E-state index contributed by atoms with van der Waals surface area (Å²) in [6.45, 7) is 2.65. The van der Waals surface area contributed by atoms with Crippen LogP contribution in [0.5, 0.6) is 5.75 Å². The van der Waals surface area contributed by atoms with Crippen LogP contribution in [0.25, 0.3) is 0 Å². The van der Waals surface area contributed by atoms with Gasteiger partial charge in [-0.25, -0.2) is 0 Å². The van der Waals surface area contributed by atoms with E-state index in [0.717, 1.165) is 17.3 Å². The van der Waals surface area contributed by atoms with Crippen LogP contribution in [-0.4, -0.2) is 19.9 Å². The summed E-state index contributed by atoms with van der Waals surface area (Å²) in [6, 6.07) is 7.62. The average molecular weight is 244 g/mol. The minimum Gasteiger partial charge on any atom is -0.508 e. The highest BCUT2D eigenvalue weighted by Crippen LogP contribution is 2.36. The molecule has 1 heterocycles. The molecule has 0 atom stereocenters. The van der Waals surface area contributed by atoms with Crippen molar-refractivity contribution in [3.05, 3.63) is 35.9 Å². The first-order chi connectivity index (χ1) is 8.74. The minimum absolute atomic E-state index is 0.276. The van der Waals surface area contributed by atoms with Crippen LogP contribution in [0.3, 0.4) is 0 Å². The molecule has 1 saturated carbocycles. The normalized spacial score (nSPS) is 14.7. The Morgan fingerprint density at radius 3 is 2.67 bits per heavy atom. The number of anilines is 1. The monoisotopic (exact) mass is 244 g/mol. The van der Waals surface area contributed by atoms with Crippen molar-refractivity contribution in [2.75, 3.05) is 5.32 Å². The van der Waals surface area contributed by atoms with Crippen LogP contribution in [0.1, 0.15) is 30.5 Å². The number of aromatic nitrogens is 3. The zero-order chi connectivity index (χ0) is 12.5. The third-order valence-corrected chi connectivity index (χ3v) is 3.17. The molecule has 0 bridgehead atoms. The summed E-state index contributed by atoms with van der Waals surface area (Å²) in [6.07, 6.45) is 2.45. The summed E-state index contributed by atoms with van der Waals surface area (Å²) in [5.74, 6) is 2.24. The second-order valence-corrected chi connectivity index (χ2v) is 4.67. The maximum absolute atomic E-state index is 9.22. The van der Waals surface area contributed by atoms with Gasteiger partial charge in [0, 0.05) is 11.7 Å². The number of hydrogen-bond acceptors (Lipinski definition) is 4. The second kappa shape index (κ2) is 4.33. The summed E-state index contributed by atoms with van der Waals surface area (Å²) in [5.41, 5.74) is 0.968. The molecule has 0 unspecified atom stereocenters. The number of hydrogen-bond donors (Lipinski definition) is 2. The van der Waals surface area contributed by atoms with Crippen molar-refractivity contribution in [3.63, 3.8) is 0 Å². The van der Waals surface area contributed by atoms with Crippen molar-refractivity contribution in [1.29, 1.82) is 0 Å². The number of nitrogens with zero attached hydrogens (tertiary/aromatic N) is 3. The predicted octanol–water partition coefficient (Wildman–Crippen LogP) is 2.24. The fourth-order valence-electron chi connectivity index (χ4n) is 2.10. The third kappa shape index (κ3) is 2.16. The molecule has 5 heteroatoms. The number of rotatable bonds is 4. The molecule has 0 radical (unpaired) electrons. The lowest BCUT2D eigenvalue weighted by Gasteiger charge is -2.09. The Bertz CT molecular complexity index is 543. The van der Waals surface area contributed by atoms with E-state index >= 15 is 0 Å². The highest BCUT2D eigenvalue weighted by Gasteiger charge is 2.27. The Balaban J connectivity index is 1.71. The number of phenolic OH excluding ortho intramolecular Hbond substituents is 1. The molecule has 1 aliphatic carbocycles. The Kier molecular flexibility index (Phi) is 2.66. The smallest absolute Gasteiger partial charge is 0.152 e. The largest absolute Gasteiger partial charge is 0.508 e. The molecule has 2 aromatic rings. The SMILES string of the molecule is Cc1nnc(CNc2ccc(O)cc2)n1C1CC1. The molecule has 2 N–H and O–H groups in total. The molecule has 0 saturated heterocycles. The lowest BCUT2D eigenvalue weighted by Crippen LogP contribution is -2.08. The van der Waals surface area contributed by atoms with E-state index < -0.39 is 0 Å². The van der Waals surface area contributed by atoms with Crippen LogP contribution >= 0.6 is 0 Å². The lowest BCUT2D eigenvalue weighted by molar-refractivity contribution is 0.475. The van der Waals surface area contributed by atoms with Crippen LogP contribution in [0.2, 0.25) is 0 Å². The van der Waals surface area contributed by atoms with Crippen molar-refractivity contribution in [3.8, 4) is 5.75 Å². The van der Waals surface area contributed by atoms with E-state index in [1.807, 2.05) is 19.1 Å². The van der Waals surface area contributed by atoms with E-state index in [-0.39, 0.29) is 5.75 Å². The second-order valence-electron chi connectivity index (χ2n) is 4.67. The first-order valence-corrected chi connectivity index (χ1v) is 6.17. The van der Waals surface area contributed by atoms with Gasteiger partial charge in [0.25, 0.3) is 0 Å². The highest BCUT2D eigenvalue weighted by atomic mass is 16.3.